The summed E-state index contributed by atoms with van der Waals surface area (Å²) in [5.74, 6) is 0. The molecule has 0 bridgehead atoms. The lowest BCUT2D eigenvalue weighted by Gasteiger charge is -2.00. The van der Waals surface area contributed by atoms with Crippen LogP contribution in [0.4, 0.5) is 0 Å². The van der Waals surface area contributed by atoms with E-state index in [9.17, 15) is 0 Å². The van der Waals surface area contributed by atoms with Crippen LogP contribution in [-0.4, -0.2) is 0 Å². The first-order valence-corrected chi connectivity index (χ1v) is 6.66. The van der Waals surface area contributed by atoms with Crippen molar-refractivity contribution in [1.29, 1.82) is 0 Å². The fourth-order valence-electron chi connectivity index (χ4n) is 2.02. The molecule has 1 rings (SSSR count). The van der Waals surface area contributed by atoms with Crippen molar-refractivity contribution in [3.8, 4) is 0 Å². The molecule has 0 saturated heterocycles. The van der Waals surface area contributed by atoms with Crippen LogP contribution in [0.15, 0.2) is 34.9 Å². The summed E-state index contributed by atoms with van der Waals surface area (Å²) >= 11 is 0. The minimum atomic E-state index is 1.20. The van der Waals surface area contributed by atoms with E-state index in [0.717, 1.165) is 0 Å². The summed E-state index contributed by atoms with van der Waals surface area (Å²) < 4.78 is 0. The van der Waals surface area contributed by atoms with Crippen LogP contribution in [-0.2, 0) is 0 Å². The first-order chi connectivity index (χ1) is 7.70. The topological polar surface area (TPSA) is 0 Å². The lowest BCUT2D eigenvalue weighted by molar-refractivity contribution is 0.852. The smallest absolute Gasteiger partial charge is 0.0286 e. The van der Waals surface area contributed by atoms with Gasteiger partial charge in [0, 0.05) is 0 Å². The maximum atomic E-state index is 2.43. The Hall–Kier alpha value is -0.780. The Morgan fingerprint density at radius 2 is 1.94 bits per heavy atom. The van der Waals surface area contributed by atoms with Crippen molar-refractivity contribution < 1.29 is 0 Å². The van der Waals surface area contributed by atoms with Gasteiger partial charge in [0.2, 0.25) is 0 Å². The second-order valence-corrected chi connectivity index (χ2v) is 5.08. The fourth-order valence-corrected chi connectivity index (χ4v) is 2.02. The lowest BCUT2D eigenvalue weighted by Crippen LogP contribution is -1.80. The Labute approximate surface area is 101 Å². The summed E-state index contributed by atoms with van der Waals surface area (Å²) in [5, 5.41) is 0. The molecular weight excluding hydrogens is 192 g/mol. The van der Waals surface area contributed by atoms with Crippen molar-refractivity contribution in [2.24, 2.45) is 0 Å². The highest BCUT2D eigenvalue weighted by molar-refractivity contribution is 5.09. The Balaban J connectivity index is 2.07. The monoisotopic (exact) mass is 218 g/mol. The summed E-state index contributed by atoms with van der Waals surface area (Å²) in [6.07, 6.45) is 16.2. The maximum absolute atomic E-state index is 2.43. The zero-order valence-electron chi connectivity index (χ0n) is 11.2. The quantitative estimate of drug-likeness (QED) is 0.511. The van der Waals surface area contributed by atoms with Gasteiger partial charge in [-0.1, -0.05) is 34.9 Å². The van der Waals surface area contributed by atoms with Crippen molar-refractivity contribution in [2.75, 3.05) is 0 Å². The molecule has 0 fully saturated rings. The SMILES string of the molecule is CC(C)=C(C)CC/C=C\CCC1=CCCC1. The molecule has 1 aliphatic carbocycles. The van der Waals surface area contributed by atoms with E-state index in [2.05, 4.69) is 39.0 Å². The summed E-state index contributed by atoms with van der Waals surface area (Å²) in [5.41, 5.74) is 4.71. The maximum Gasteiger partial charge on any atom is -0.0286 e. The van der Waals surface area contributed by atoms with Crippen LogP contribution in [0.1, 0.15) is 65.7 Å². The number of allylic oxidation sites excluding steroid dienone is 6. The summed E-state index contributed by atoms with van der Waals surface area (Å²) in [4.78, 5) is 0. The van der Waals surface area contributed by atoms with Crippen LogP contribution in [0, 0.1) is 0 Å². The Bertz CT molecular complexity index is 285. The van der Waals surface area contributed by atoms with Crippen LogP contribution in [0.25, 0.3) is 0 Å². The van der Waals surface area contributed by atoms with Gasteiger partial charge in [0.05, 0.1) is 0 Å². The number of hydrogen-bond acceptors (Lipinski definition) is 0. The number of hydrogen-bond donors (Lipinski definition) is 0. The predicted octanol–water partition coefficient (Wildman–Crippen LogP) is 5.57. The van der Waals surface area contributed by atoms with Gasteiger partial charge < -0.3 is 0 Å². The van der Waals surface area contributed by atoms with Gasteiger partial charge in [-0.3, -0.25) is 0 Å². The standard InChI is InChI=1S/C16H26/c1-14(2)15(3)10-6-4-5-7-11-16-12-8-9-13-16/h4-5,12H,6-11,13H2,1-3H3/b5-4-. The Kier molecular flexibility index (Phi) is 6.22. The molecule has 0 radical (unpaired) electrons. The number of rotatable bonds is 6. The molecule has 0 saturated carbocycles. The van der Waals surface area contributed by atoms with Crippen molar-refractivity contribution in [3.63, 3.8) is 0 Å². The van der Waals surface area contributed by atoms with Crippen molar-refractivity contribution >= 4 is 0 Å². The summed E-state index contributed by atoms with van der Waals surface area (Å²) in [7, 11) is 0. The minimum absolute atomic E-state index is 1.20. The van der Waals surface area contributed by atoms with Gasteiger partial charge in [-0.15, -0.1) is 0 Å². The Morgan fingerprint density at radius 3 is 2.56 bits per heavy atom. The van der Waals surface area contributed by atoms with E-state index in [4.69, 9.17) is 0 Å². The highest BCUT2D eigenvalue weighted by Gasteiger charge is 2.01. The van der Waals surface area contributed by atoms with Gasteiger partial charge in [-0.05, 0) is 65.7 Å². The molecule has 1 aliphatic rings. The normalized spacial score (nSPS) is 15.6. The summed E-state index contributed by atoms with van der Waals surface area (Å²) in [6, 6.07) is 0. The highest BCUT2D eigenvalue weighted by atomic mass is 14.1. The van der Waals surface area contributed by atoms with Gasteiger partial charge in [-0.25, -0.2) is 0 Å². The molecule has 90 valence electrons. The lowest BCUT2D eigenvalue weighted by atomic mass is 10.1. The predicted molar refractivity (Wildman–Crippen MR) is 73.6 cm³/mol. The third kappa shape index (κ3) is 5.34. The molecule has 0 aromatic rings. The van der Waals surface area contributed by atoms with Gasteiger partial charge in [0.1, 0.15) is 0 Å². The van der Waals surface area contributed by atoms with Crippen LogP contribution < -0.4 is 0 Å². The average Bonchev–Trinajstić information content (AvgIpc) is 2.75. The molecule has 0 atom stereocenters. The van der Waals surface area contributed by atoms with Gasteiger partial charge in [0.15, 0.2) is 0 Å². The fraction of sp³-hybridized carbons (Fsp3) is 0.625. The van der Waals surface area contributed by atoms with Gasteiger partial charge >= 0.3 is 0 Å². The molecule has 0 amide bonds. The largest absolute Gasteiger partial charge is 0.0882 e. The zero-order chi connectivity index (χ0) is 11.8. The van der Waals surface area contributed by atoms with Crippen LogP contribution in [0.5, 0.6) is 0 Å². The molecule has 0 unspecified atom stereocenters. The van der Waals surface area contributed by atoms with Crippen molar-refractivity contribution in [3.05, 3.63) is 34.9 Å². The average molecular weight is 218 g/mol. The first kappa shape index (κ1) is 13.3. The second-order valence-electron chi connectivity index (χ2n) is 5.08. The molecule has 0 nitrogen and oxygen atoms in total. The van der Waals surface area contributed by atoms with Gasteiger partial charge in [-0.2, -0.15) is 0 Å². The molecule has 0 aromatic heterocycles. The van der Waals surface area contributed by atoms with E-state index >= 15 is 0 Å². The van der Waals surface area contributed by atoms with Crippen LogP contribution >= 0.6 is 0 Å². The van der Waals surface area contributed by atoms with Gasteiger partial charge in [0.25, 0.3) is 0 Å². The molecule has 0 aromatic carbocycles. The van der Waals surface area contributed by atoms with Crippen LogP contribution in [0.3, 0.4) is 0 Å². The molecule has 0 aliphatic heterocycles. The Morgan fingerprint density at radius 1 is 1.19 bits per heavy atom. The van der Waals surface area contributed by atoms with E-state index in [0.29, 0.717) is 0 Å². The van der Waals surface area contributed by atoms with E-state index in [1.807, 2.05) is 0 Å². The minimum Gasteiger partial charge on any atom is -0.0882 e. The van der Waals surface area contributed by atoms with E-state index in [1.54, 1.807) is 11.1 Å². The third-order valence-corrected chi connectivity index (χ3v) is 3.47. The molecule has 16 heavy (non-hydrogen) atoms. The zero-order valence-corrected chi connectivity index (χ0v) is 11.2. The van der Waals surface area contributed by atoms with Crippen molar-refractivity contribution in [2.45, 2.75) is 65.7 Å². The molecule has 0 heteroatoms. The van der Waals surface area contributed by atoms with E-state index < -0.39 is 0 Å². The second kappa shape index (κ2) is 7.49. The summed E-state index contributed by atoms with van der Waals surface area (Å²) in [6.45, 7) is 6.64. The molecule has 0 spiro atoms. The van der Waals surface area contributed by atoms with Crippen molar-refractivity contribution in [1.82, 2.24) is 0 Å². The third-order valence-electron chi connectivity index (χ3n) is 3.47. The van der Waals surface area contributed by atoms with E-state index in [1.165, 1.54) is 50.5 Å². The first-order valence-electron chi connectivity index (χ1n) is 6.66. The highest BCUT2D eigenvalue weighted by Crippen LogP contribution is 2.21. The molecule has 0 heterocycles. The van der Waals surface area contributed by atoms with Crippen LogP contribution in [0.2, 0.25) is 0 Å². The molecular formula is C16H26. The van der Waals surface area contributed by atoms with E-state index in [-0.39, 0.29) is 0 Å². The molecule has 0 N–H and O–H groups in total.